The third-order valence-corrected chi connectivity index (χ3v) is 5.21. The molecule has 26 heavy (non-hydrogen) atoms. The Hall–Kier alpha value is -2.69. The van der Waals surface area contributed by atoms with E-state index in [1.807, 2.05) is 30.3 Å². The number of nitrogens with one attached hydrogen (secondary N) is 1. The topological polar surface area (TPSA) is 39.3 Å². The number of ether oxygens (including phenoxy) is 1. The van der Waals surface area contributed by atoms with Gasteiger partial charge in [0.1, 0.15) is 17.6 Å². The van der Waals surface area contributed by atoms with E-state index in [2.05, 4.69) is 34.3 Å². The van der Waals surface area contributed by atoms with Crippen LogP contribution in [0.25, 0.3) is 16.5 Å². The molecule has 4 aromatic rings. The summed E-state index contributed by atoms with van der Waals surface area (Å²) in [6.07, 6.45) is 3.86. The lowest BCUT2D eigenvalue weighted by atomic mass is 10.1. The molecule has 0 fully saturated rings. The quantitative estimate of drug-likeness (QED) is 0.539. The highest BCUT2D eigenvalue weighted by atomic mass is 35.5. The number of aromatic nitrogens is 1. The Morgan fingerprint density at radius 3 is 3.00 bits per heavy atom. The average Bonchev–Trinajstić information content (AvgIpc) is 3.27. The smallest absolute Gasteiger partial charge is 0.134 e. The number of hydrogen-bond donors (Lipinski definition) is 1. The first-order valence-corrected chi connectivity index (χ1v) is 8.87. The summed E-state index contributed by atoms with van der Waals surface area (Å²) in [5.41, 5.74) is 3.43. The second-order valence-electron chi connectivity index (χ2n) is 6.44. The van der Waals surface area contributed by atoms with Crippen molar-refractivity contribution in [3.63, 3.8) is 0 Å². The van der Waals surface area contributed by atoms with E-state index in [1.54, 1.807) is 13.4 Å². The van der Waals surface area contributed by atoms with Crippen molar-refractivity contribution in [2.75, 3.05) is 7.11 Å². The second-order valence-corrected chi connectivity index (χ2v) is 6.88. The Labute approximate surface area is 155 Å². The standard InChI is InChI=1S/C21H17ClN2O2/c1-25-16-6-7-17-14(9-16)12-26-21(17)20-18-3-2-8-24(18)19-10-15(22)5-4-13(19)11-23-20/h2-10,12,20,23H,11H2,1H3. The van der Waals surface area contributed by atoms with Gasteiger partial charge in [-0.25, -0.2) is 0 Å². The summed E-state index contributed by atoms with van der Waals surface area (Å²) in [5, 5.41) is 6.48. The van der Waals surface area contributed by atoms with Crippen molar-refractivity contribution in [1.29, 1.82) is 0 Å². The molecule has 130 valence electrons. The van der Waals surface area contributed by atoms with Gasteiger partial charge in [-0.1, -0.05) is 17.7 Å². The first kappa shape index (κ1) is 15.6. The fourth-order valence-corrected chi connectivity index (χ4v) is 3.87. The zero-order chi connectivity index (χ0) is 17.7. The van der Waals surface area contributed by atoms with Crippen molar-refractivity contribution >= 4 is 22.4 Å². The molecule has 0 saturated heterocycles. The summed E-state index contributed by atoms with van der Waals surface area (Å²) in [5.74, 6) is 1.73. The summed E-state index contributed by atoms with van der Waals surface area (Å²) in [6.45, 7) is 0.733. The Morgan fingerprint density at radius 2 is 2.12 bits per heavy atom. The summed E-state index contributed by atoms with van der Waals surface area (Å²) in [7, 11) is 1.67. The molecule has 4 nitrogen and oxygen atoms in total. The maximum absolute atomic E-state index is 6.24. The normalized spacial score (nSPS) is 16.2. The van der Waals surface area contributed by atoms with Crippen LogP contribution < -0.4 is 10.1 Å². The van der Waals surface area contributed by atoms with Crippen LogP contribution in [0.15, 0.2) is 65.4 Å². The van der Waals surface area contributed by atoms with E-state index in [-0.39, 0.29) is 6.04 Å². The largest absolute Gasteiger partial charge is 0.497 e. The van der Waals surface area contributed by atoms with Gasteiger partial charge in [0.05, 0.1) is 19.1 Å². The molecule has 0 aliphatic carbocycles. The third-order valence-electron chi connectivity index (χ3n) is 4.98. The minimum absolute atomic E-state index is 0.0536. The Balaban J connectivity index is 1.67. The van der Waals surface area contributed by atoms with E-state index in [0.717, 1.165) is 45.2 Å². The van der Waals surface area contributed by atoms with E-state index in [9.17, 15) is 0 Å². The Kier molecular flexibility index (Phi) is 3.55. The van der Waals surface area contributed by atoms with Crippen molar-refractivity contribution < 1.29 is 9.15 Å². The lowest BCUT2D eigenvalue weighted by Gasteiger charge is -2.16. The van der Waals surface area contributed by atoms with Crippen LogP contribution in [0.2, 0.25) is 5.02 Å². The van der Waals surface area contributed by atoms with Gasteiger partial charge in [-0.05, 0) is 48.0 Å². The number of hydrogen-bond acceptors (Lipinski definition) is 3. The molecular weight excluding hydrogens is 348 g/mol. The van der Waals surface area contributed by atoms with Gasteiger partial charge in [0.25, 0.3) is 0 Å². The van der Waals surface area contributed by atoms with Crippen LogP contribution in [0.3, 0.4) is 0 Å². The highest BCUT2D eigenvalue weighted by molar-refractivity contribution is 6.30. The van der Waals surface area contributed by atoms with Crippen LogP contribution in [0.1, 0.15) is 23.1 Å². The highest BCUT2D eigenvalue weighted by Crippen LogP contribution is 2.36. The molecule has 0 saturated carbocycles. The van der Waals surface area contributed by atoms with Gasteiger partial charge in [0.15, 0.2) is 0 Å². The third kappa shape index (κ3) is 2.34. The number of benzene rings is 2. The lowest BCUT2D eigenvalue weighted by molar-refractivity contribution is 0.415. The zero-order valence-electron chi connectivity index (χ0n) is 14.2. The van der Waals surface area contributed by atoms with Crippen molar-refractivity contribution in [3.8, 4) is 11.4 Å². The van der Waals surface area contributed by atoms with Gasteiger partial charge in [0, 0.05) is 34.2 Å². The molecule has 0 amide bonds. The van der Waals surface area contributed by atoms with Crippen molar-refractivity contribution in [2.45, 2.75) is 12.6 Å². The number of halogens is 1. The molecule has 1 N–H and O–H groups in total. The van der Waals surface area contributed by atoms with Gasteiger partial charge in [-0.2, -0.15) is 0 Å². The molecule has 0 spiro atoms. The van der Waals surface area contributed by atoms with Gasteiger partial charge in [0.2, 0.25) is 0 Å². The molecule has 0 bridgehead atoms. The number of furan rings is 1. The SMILES string of the molecule is COc1ccc2c(C3NCc4ccc(Cl)cc4-n4cccc43)occ2c1. The van der Waals surface area contributed by atoms with E-state index >= 15 is 0 Å². The number of rotatable bonds is 2. The molecule has 2 aromatic heterocycles. The zero-order valence-corrected chi connectivity index (χ0v) is 15.0. The molecule has 3 heterocycles. The summed E-state index contributed by atoms with van der Waals surface area (Å²) >= 11 is 6.24. The van der Waals surface area contributed by atoms with Gasteiger partial charge in [-0.3, -0.25) is 5.32 Å². The number of fused-ring (bicyclic) bond motifs is 4. The van der Waals surface area contributed by atoms with Crippen LogP contribution in [0.5, 0.6) is 5.75 Å². The predicted octanol–water partition coefficient (Wildman–Crippen LogP) is 5.08. The Morgan fingerprint density at radius 1 is 1.19 bits per heavy atom. The molecular formula is C21H17ClN2O2. The van der Waals surface area contributed by atoms with Crippen LogP contribution >= 0.6 is 11.6 Å². The fourth-order valence-electron chi connectivity index (χ4n) is 3.71. The van der Waals surface area contributed by atoms with Crippen molar-refractivity contribution in [2.24, 2.45) is 0 Å². The minimum Gasteiger partial charge on any atom is -0.497 e. The van der Waals surface area contributed by atoms with Gasteiger partial charge < -0.3 is 13.7 Å². The van der Waals surface area contributed by atoms with E-state index in [4.69, 9.17) is 20.8 Å². The van der Waals surface area contributed by atoms with Gasteiger partial charge >= 0.3 is 0 Å². The molecule has 5 rings (SSSR count). The van der Waals surface area contributed by atoms with Crippen molar-refractivity contribution in [3.05, 3.63) is 83.0 Å². The number of nitrogens with zero attached hydrogens (tertiary/aromatic N) is 1. The van der Waals surface area contributed by atoms with Crippen LogP contribution in [-0.2, 0) is 6.54 Å². The maximum Gasteiger partial charge on any atom is 0.134 e. The first-order valence-electron chi connectivity index (χ1n) is 8.49. The Bertz CT molecular complexity index is 1110. The predicted molar refractivity (Wildman–Crippen MR) is 102 cm³/mol. The second kappa shape index (κ2) is 5.94. The van der Waals surface area contributed by atoms with Crippen LogP contribution in [-0.4, -0.2) is 11.7 Å². The highest BCUT2D eigenvalue weighted by Gasteiger charge is 2.27. The average molecular weight is 365 g/mol. The molecule has 0 radical (unpaired) electrons. The van der Waals surface area contributed by atoms with E-state index in [1.165, 1.54) is 5.56 Å². The van der Waals surface area contributed by atoms with Crippen LogP contribution in [0.4, 0.5) is 0 Å². The van der Waals surface area contributed by atoms with E-state index < -0.39 is 0 Å². The summed E-state index contributed by atoms with van der Waals surface area (Å²) < 4.78 is 13.5. The first-order chi connectivity index (χ1) is 12.7. The van der Waals surface area contributed by atoms with Gasteiger partial charge in [-0.15, -0.1) is 0 Å². The number of methoxy groups -OCH3 is 1. The molecule has 1 atom stereocenters. The lowest BCUT2D eigenvalue weighted by Crippen LogP contribution is -2.20. The van der Waals surface area contributed by atoms with Crippen LogP contribution in [0, 0.1) is 0 Å². The minimum atomic E-state index is -0.0536. The monoisotopic (exact) mass is 364 g/mol. The molecule has 1 unspecified atom stereocenters. The molecule has 1 aliphatic rings. The fraction of sp³-hybridized carbons (Fsp3) is 0.143. The molecule has 1 aliphatic heterocycles. The molecule has 2 aromatic carbocycles. The summed E-state index contributed by atoms with van der Waals surface area (Å²) in [6, 6.07) is 16.1. The maximum atomic E-state index is 6.24. The summed E-state index contributed by atoms with van der Waals surface area (Å²) in [4.78, 5) is 0. The van der Waals surface area contributed by atoms with Crippen molar-refractivity contribution in [1.82, 2.24) is 9.88 Å². The van der Waals surface area contributed by atoms with E-state index in [0.29, 0.717) is 0 Å². The molecule has 5 heteroatoms.